The topological polar surface area (TPSA) is 43.6 Å². The van der Waals surface area contributed by atoms with Crippen LogP contribution >= 0.6 is 0 Å². The van der Waals surface area contributed by atoms with Gasteiger partial charge in [-0.3, -0.25) is 0 Å². The van der Waals surface area contributed by atoms with Gasteiger partial charge in [-0.2, -0.15) is 0 Å². The average Bonchev–Trinajstić information content (AvgIpc) is 3.68. The van der Waals surface area contributed by atoms with Crippen molar-refractivity contribution in [2.45, 2.75) is 0 Å². The zero-order valence-corrected chi connectivity index (χ0v) is 33.2. The first kappa shape index (κ1) is 35.9. The Morgan fingerprint density at radius 3 is 1.33 bits per heavy atom. The standard InChI is InChI=1S/C57H38N4/c1-4-16-39(17-5-1)46-36-37-54-51(38-46)49-24-13-15-27-53(49)61(54)52-26-14-12-23-48(52)43-32-28-40(29-33-43)41-30-34-45(35-31-41)56-58-55(44-20-8-3-9-21-44)59-57(60-56)50-25-11-10-22-47(50)42-18-6-2-7-19-42/h1-38H. The summed E-state index contributed by atoms with van der Waals surface area (Å²) < 4.78 is 2.41. The second-order valence-corrected chi connectivity index (χ2v) is 15.2. The van der Waals surface area contributed by atoms with Gasteiger partial charge in [0, 0.05) is 33.0 Å². The normalized spacial score (nSPS) is 11.3. The van der Waals surface area contributed by atoms with Crippen molar-refractivity contribution in [2.75, 3.05) is 0 Å². The molecule has 0 N–H and O–H groups in total. The van der Waals surface area contributed by atoms with Crippen LogP contribution in [-0.2, 0) is 0 Å². The maximum atomic E-state index is 5.09. The second kappa shape index (κ2) is 15.5. The summed E-state index contributed by atoms with van der Waals surface area (Å²) >= 11 is 0. The molecule has 0 fully saturated rings. The summed E-state index contributed by atoms with van der Waals surface area (Å²) in [5.74, 6) is 1.91. The number of hydrogen-bond donors (Lipinski definition) is 0. The van der Waals surface area contributed by atoms with Crippen LogP contribution in [0.4, 0.5) is 0 Å². The van der Waals surface area contributed by atoms with Crippen molar-refractivity contribution in [3.63, 3.8) is 0 Å². The molecule has 0 unspecified atom stereocenters. The molecule has 4 nitrogen and oxygen atoms in total. The maximum absolute atomic E-state index is 5.09. The van der Waals surface area contributed by atoms with Gasteiger partial charge in [-0.25, -0.2) is 15.0 Å². The lowest BCUT2D eigenvalue weighted by Crippen LogP contribution is -2.01. The van der Waals surface area contributed by atoms with Crippen LogP contribution < -0.4 is 0 Å². The fourth-order valence-corrected chi connectivity index (χ4v) is 8.50. The molecule has 11 aromatic rings. The quantitative estimate of drug-likeness (QED) is 0.154. The van der Waals surface area contributed by atoms with E-state index in [1.165, 1.54) is 38.5 Å². The molecule has 2 heterocycles. The minimum absolute atomic E-state index is 0.631. The Hall–Kier alpha value is -8.21. The van der Waals surface area contributed by atoms with Crippen LogP contribution in [-0.4, -0.2) is 19.5 Å². The molecule has 0 amide bonds. The minimum atomic E-state index is 0.631. The van der Waals surface area contributed by atoms with Crippen LogP contribution in [0.3, 0.4) is 0 Å². The van der Waals surface area contributed by atoms with Crippen LogP contribution in [0.15, 0.2) is 231 Å². The van der Waals surface area contributed by atoms with Crippen molar-refractivity contribution in [3.8, 4) is 84.4 Å². The third-order valence-corrected chi connectivity index (χ3v) is 11.5. The predicted octanol–water partition coefficient (Wildman–Crippen LogP) is 14.6. The highest BCUT2D eigenvalue weighted by Gasteiger charge is 2.18. The largest absolute Gasteiger partial charge is 0.309 e. The summed E-state index contributed by atoms with van der Waals surface area (Å²) in [5.41, 5.74) is 15.6. The van der Waals surface area contributed by atoms with E-state index in [1.54, 1.807) is 0 Å². The molecule has 0 aliphatic rings. The van der Waals surface area contributed by atoms with E-state index in [2.05, 4.69) is 193 Å². The molecule has 286 valence electrons. The zero-order valence-electron chi connectivity index (χ0n) is 33.2. The summed E-state index contributed by atoms with van der Waals surface area (Å²) in [4.78, 5) is 15.1. The molecule has 0 bridgehead atoms. The van der Waals surface area contributed by atoms with Crippen LogP contribution in [0.25, 0.3) is 106 Å². The second-order valence-electron chi connectivity index (χ2n) is 15.2. The molecule has 0 aliphatic heterocycles. The lowest BCUT2D eigenvalue weighted by Gasteiger charge is -2.15. The molecule has 0 spiro atoms. The highest BCUT2D eigenvalue weighted by Crippen LogP contribution is 2.39. The van der Waals surface area contributed by atoms with Crippen molar-refractivity contribution in [1.82, 2.24) is 19.5 Å². The number of para-hydroxylation sites is 2. The van der Waals surface area contributed by atoms with E-state index in [1.807, 2.05) is 42.5 Å². The number of benzene rings is 9. The van der Waals surface area contributed by atoms with Gasteiger partial charge in [0.2, 0.25) is 0 Å². The van der Waals surface area contributed by atoms with Gasteiger partial charge in [0.25, 0.3) is 0 Å². The summed E-state index contributed by atoms with van der Waals surface area (Å²) in [6.45, 7) is 0. The smallest absolute Gasteiger partial charge is 0.164 e. The van der Waals surface area contributed by atoms with E-state index in [-0.39, 0.29) is 0 Å². The fourth-order valence-electron chi connectivity index (χ4n) is 8.50. The number of aromatic nitrogens is 4. The summed E-state index contributed by atoms with van der Waals surface area (Å²) in [5, 5.41) is 2.48. The summed E-state index contributed by atoms with van der Waals surface area (Å²) in [7, 11) is 0. The van der Waals surface area contributed by atoms with Crippen molar-refractivity contribution >= 4 is 21.8 Å². The lowest BCUT2D eigenvalue weighted by atomic mass is 9.98. The molecule has 0 aliphatic carbocycles. The molecule has 4 heteroatoms. The van der Waals surface area contributed by atoms with E-state index in [4.69, 9.17) is 15.0 Å². The summed E-state index contributed by atoms with van der Waals surface area (Å²) in [6.07, 6.45) is 0. The number of nitrogens with zero attached hydrogens (tertiary/aromatic N) is 4. The van der Waals surface area contributed by atoms with Crippen LogP contribution in [0.2, 0.25) is 0 Å². The number of fused-ring (bicyclic) bond motifs is 3. The number of hydrogen-bond acceptors (Lipinski definition) is 3. The molecule has 9 aromatic carbocycles. The van der Waals surface area contributed by atoms with Crippen LogP contribution in [0, 0.1) is 0 Å². The zero-order chi connectivity index (χ0) is 40.5. The Labute approximate surface area is 354 Å². The first-order chi connectivity index (χ1) is 30.2. The SMILES string of the molecule is c1ccc(-c2ccc3c(c2)c2ccccc2n3-c2ccccc2-c2ccc(-c3ccc(-c4nc(-c5ccccc5)nc(-c5ccccc5-c5ccccc5)n4)cc3)cc2)cc1. The minimum Gasteiger partial charge on any atom is -0.309 e. The highest BCUT2D eigenvalue weighted by atomic mass is 15.0. The lowest BCUT2D eigenvalue weighted by molar-refractivity contribution is 1.07. The maximum Gasteiger partial charge on any atom is 0.164 e. The molecule has 11 rings (SSSR count). The van der Waals surface area contributed by atoms with Gasteiger partial charge in [0.1, 0.15) is 0 Å². The Morgan fingerprint density at radius 2 is 0.656 bits per heavy atom. The van der Waals surface area contributed by atoms with Crippen molar-refractivity contribution in [3.05, 3.63) is 231 Å². The van der Waals surface area contributed by atoms with Gasteiger partial charge >= 0.3 is 0 Å². The fraction of sp³-hybridized carbons (Fsp3) is 0. The Kier molecular flexibility index (Phi) is 9.14. The molecular formula is C57H38N4. The van der Waals surface area contributed by atoms with Crippen molar-refractivity contribution < 1.29 is 0 Å². The highest BCUT2D eigenvalue weighted by molar-refractivity contribution is 6.11. The predicted molar refractivity (Wildman–Crippen MR) is 252 cm³/mol. The van der Waals surface area contributed by atoms with Gasteiger partial charge in [-0.1, -0.05) is 206 Å². The molecule has 0 saturated carbocycles. The van der Waals surface area contributed by atoms with Crippen LogP contribution in [0.5, 0.6) is 0 Å². The first-order valence-corrected chi connectivity index (χ1v) is 20.6. The Bertz CT molecular complexity index is 3320. The van der Waals surface area contributed by atoms with Crippen molar-refractivity contribution in [2.24, 2.45) is 0 Å². The summed E-state index contributed by atoms with van der Waals surface area (Å²) in [6, 6.07) is 81.2. The third-order valence-electron chi connectivity index (χ3n) is 11.5. The van der Waals surface area contributed by atoms with Gasteiger partial charge in [-0.05, 0) is 63.2 Å². The molecule has 2 aromatic heterocycles. The molecule has 0 saturated heterocycles. The van der Waals surface area contributed by atoms with E-state index < -0.39 is 0 Å². The molecule has 0 atom stereocenters. The van der Waals surface area contributed by atoms with E-state index in [0.29, 0.717) is 17.5 Å². The molecule has 61 heavy (non-hydrogen) atoms. The van der Waals surface area contributed by atoms with E-state index >= 15 is 0 Å². The van der Waals surface area contributed by atoms with E-state index in [9.17, 15) is 0 Å². The van der Waals surface area contributed by atoms with Crippen molar-refractivity contribution in [1.29, 1.82) is 0 Å². The van der Waals surface area contributed by atoms with Gasteiger partial charge in [0.05, 0.1) is 16.7 Å². The number of rotatable bonds is 8. The Balaban J connectivity index is 0.936. The van der Waals surface area contributed by atoms with Gasteiger partial charge in [-0.15, -0.1) is 0 Å². The van der Waals surface area contributed by atoms with E-state index in [0.717, 1.165) is 50.2 Å². The molecular weight excluding hydrogens is 741 g/mol. The van der Waals surface area contributed by atoms with Crippen LogP contribution in [0.1, 0.15) is 0 Å². The van der Waals surface area contributed by atoms with Gasteiger partial charge in [0.15, 0.2) is 17.5 Å². The first-order valence-electron chi connectivity index (χ1n) is 20.6. The third kappa shape index (κ3) is 6.76. The average molecular weight is 779 g/mol. The van der Waals surface area contributed by atoms with Gasteiger partial charge < -0.3 is 4.57 Å². The Morgan fingerprint density at radius 1 is 0.246 bits per heavy atom. The molecule has 0 radical (unpaired) electrons. The monoisotopic (exact) mass is 778 g/mol.